The van der Waals surface area contributed by atoms with E-state index in [1.807, 2.05) is 74.0 Å². The van der Waals surface area contributed by atoms with Crippen molar-refractivity contribution in [1.82, 2.24) is 9.78 Å². The maximum atomic E-state index is 12.5. The lowest BCUT2D eigenvalue weighted by atomic mass is 10.1. The number of aryl methyl sites for hydroxylation is 1. The van der Waals surface area contributed by atoms with Gasteiger partial charge in [-0.05, 0) is 50.6 Å². The highest BCUT2D eigenvalue weighted by atomic mass is 16.2. The first-order valence-corrected chi connectivity index (χ1v) is 9.39. The largest absolute Gasteiger partial charge is 0.376 e. The molecule has 0 aliphatic carbocycles. The Balaban J connectivity index is 1.70. The number of anilines is 3. The normalized spacial score (nSPS) is 10.5. The minimum Gasteiger partial charge on any atom is -0.376 e. The van der Waals surface area contributed by atoms with E-state index < -0.39 is 0 Å². The molecule has 0 radical (unpaired) electrons. The van der Waals surface area contributed by atoms with E-state index in [0.717, 1.165) is 34.0 Å². The van der Waals surface area contributed by atoms with Gasteiger partial charge in [0, 0.05) is 18.3 Å². The third-order valence-electron chi connectivity index (χ3n) is 4.64. The predicted molar refractivity (Wildman–Crippen MR) is 116 cm³/mol. The van der Waals surface area contributed by atoms with Crippen molar-refractivity contribution in [2.75, 3.05) is 22.5 Å². The number of para-hydroxylation sites is 1. The van der Waals surface area contributed by atoms with Crippen LogP contribution in [-0.2, 0) is 9.59 Å². The SMILES string of the molecule is CC(=O)Nc1cccc(NCC(=O)Nc2c(C)nn(-c3ccccc3)c2C)c1C. The minimum absolute atomic E-state index is 0.0970. The average molecular weight is 391 g/mol. The van der Waals surface area contributed by atoms with Crippen LogP contribution in [0.5, 0.6) is 0 Å². The van der Waals surface area contributed by atoms with E-state index in [-0.39, 0.29) is 18.4 Å². The first kappa shape index (κ1) is 20.1. The summed E-state index contributed by atoms with van der Waals surface area (Å²) in [5.74, 6) is -0.308. The molecule has 0 spiro atoms. The highest BCUT2D eigenvalue weighted by molar-refractivity contribution is 5.95. The standard InChI is InChI=1S/C22H25N5O2/c1-14-19(11-8-12-20(14)24-17(4)28)23-13-21(29)25-22-15(2)26-27(16(22)3)18-9-6-5-7-10-18/h5-12,23H,13H2,1-4H3,(H,24,28)(H,25,29). The van der Waals surface area contributed by atoms with Crippen LogP contribution >= 0.6 is 0 Å². The molecule has 1 aromatic heterocycles. The molecule has 0 aliphatic rings. The van der Waals surface area contributed by atoms with Gasteiger partial charge >= 0.3 is 0 Å². The number of rotatable bonds is 6. The summed E-state index contributed by atoms with van der Waals surface area (Å²) in [7, 11) is 0. The third kappa shape index (κ3) is 4.63. The van der Waals surface area contributed by atoms with Crippen molar-refractivity contribution in [1.29, 1.82) is 0 Å². The van der Waals surface area contributed by atoms with Crippen molar-refractivity contribution in [3.05, 3.63) is 65.5 Å². The summed E-state index contributed by atoms with van der Waals surface area (Å²) >= 11 is 0. The fourth-order valence-electron chi connectivity index (χ4n) is 3.16. The number of aromatic nitrogens is 2. The Labute approximate surface area is 170 Å². The predicted octanol–water partition coefficient (Wildman–Crippen LogP) is 3.81. The third-order valence-corrected chi connectivity index (χ3v) is 4.64. The first-order valence-electron chi connectivity index (χ1n) is 9.39. The molecule has 0 saturated carbocycles. The molecule has 2 aromatic carbocycles. The molecule has 0 unspecified atom stereocenters. The second-order valence-corrected chi connectivity index (χ2v) is 6.85. The van der Waals surface area contributed by atoms with Gasteiger partial charge < -0.3 is 16.0 Å². The topological polar surface area (TPSA) is 88.1 Å². The molecular formula is C22H25N5O2. The Hall–Kier alpha value is -3.61. The van der Waals surface area contributed by atoms with Gasteiger partial charge in [-0.2, -0.15) is 5.10 Å². The molecule has 3 rings (SSSR count). The Morgan fingerprint density at radius 1 is 0.931 bits per heavy atom. The molecule has 2 amide bonds. The zero-order chi connectivity index (χ0) is 21.0. The minimum atomic E-state index is -0.173. The van der Waals surface area contributed by atoms with Gasteiger partial charge in [-0.15, -0.1) is 0 Å². The fourth-order valence-corrected chi connectivity index (χ4v) is 3.16. The van der Waals surface area contributed by atoms with Crippen molar-refractivity contribution in [2.45, 2.75) is 27.7 Å². The number of carbonyl (C=O) groups is 2. The van der Waals surface area contributed by atoms with Gasteiger partial charge in [0.25, 0.3) is 0 Å². The first-order chi connectivity index (χ1) is 13.9. The zero-order valence-electron chi connectivity index (χ0n) is 17.0. The highest BCUT2D eigenvalue weighted by Crippen LogP contribution is 2.24. The number of nitrogens with one attached hydrogen (secondary N) is 3. The Morgan fingerprint density at radius 2 is 1.62 bits per heavy atom. The van der Waals surface area contributed by atoms with E-state index in [0.29, 0.717) is 5.69 Å². The molecule has 3 aromatic rings. The molecule has 3 N–H and O–H groups in total. The van der Waals surface area contributed by atoms with Crippen LogP contribution in [0.25, 0.3) is 5.69 Å². The number of benzene rings is 2. The van der Waals surface area contributed by atoms with Gasteiger partial charge in [-0.1, -0.05) is 24.3 Å². The van der Waals surface area contributed by atoms with E-state index >= 15 is 0 Å². The smallest absolute Gasteiger partial charge is 0.243 e. The van der Waals surface area contributed by atoms with E-state index in [4.69, 9.17) is 0 Å². The number of carbonyl (C=O) groups excluding carboxylic acids is 2. The van der Waals surface area contributed by atoms with Crippen LogP contribution in [0.1, 0.15) is 23.9 Å². The fraction of sp³-hybridized carbons (Fsp3) is 0.227. The molecule has 0 fully saturated rings. The summed E-state index contributed by atoms with van der Waals surface area (Å²) < 4.78 is 1.82. The molecule has 1 heterocycles. The number of amides is 2. The van der Waals surface area contributed by atoms with Gasteiger partial charge in [0.15, 0.2) is 0 Å². The van der Waals surface area contributed by atoms with Crippen LogP contribution < -0.4 is 16.0 Å². The Kier molecular flexibility index (Phi) is 5.97. The summed E-state index contributed by atoms with van der Waals surface area (Å²) in [5.41, 5.74) is 5.66. The van der Waals surface area contributed by atoms with Crippen molar-refractivity contribution < 1.29 is 9.59 Å². The molecular weight excluding hydrogens is 366 g/mol. The number of hydrogen-bond acceptors (Lipinski definition) is 4. The monoisotopic (exact) mass is 391 g/mol. The van der Waals surface area contributed by atoms with Crippen molar-refractivity contribution >= 4 is 28.9 Å². The molecule has 7 nitrogen and oxygen atoms in total. The molecule has 7 heteroatoms. The van der Waals surface area contributed by atoms with E-state index in [9.17, 15) is 9.59 Å². The maximum absolute atomic E-state index is 12.5. The summed E-state index contributed by atoms with van der Waals surface area (Å²) in [6.07, 6.45) is 0. The van der Waals surface area contributed by atoms with Gasteiger partial charge in [0.2, 0.25) is 11.8 Å². The molecule has 29 heavy (non-hydrogen) atoms. The van der Waals surface area contributed by atoms with Gasteiger partial charge in [0.05, 0.1) is 29.3 Å². The van der Waals surface area contributed by atoms with Gasteiger partial charge in [-0.25, -0.2) is 4.68 Å². The second kappa shape index (κ2) is 8.60. The Morgan fingerprint density at radius 3 is 2.31 bits per heavy atom. The summed E-state index contributed by atoms with van der Waals surface area (Å²) in [4.78, 5) is 23.8. The van der Waals surface area contributed by atoms with Crippen LogP contribution in [0.3, 0.4) is 0 Å². The lowest BCUT2D eigenvalue weighted by Gasteiger charge is -2.13. The lowest BCUT2D eigenvalue weighted by molar-refractivity contribution is -0.115. The molecule has 0 aliphatic heterocycles. The Bertz CT molecular complexity index is 1040. The second-order valence-electron chi connectivity index (χ2n) is 6.85. The molecule has 0 saturated heterocycles. The van der Waals surface area contributed by atoms with Gasteiger partial charge in [-0.3, -0.25) is 9.59 Å². The summed E-state index contributed by atoms with van der Waals surface area (Å²) in [5, 5.41) is 13.4. The zero-order valence-corrected chi connectivity index (χ0v) is 17.0. The van der Waals surface area contributed by atoms with E-state index in [1.54, 1.807) is 0 Å². The van der Waals surface area contributed by atoms with Crippen molar-refractivity contribution in [3.63, 3.8) is 0 Å². The maximum Gasteiger partial charge on any atom is 0.243 e. The van der Waals surface area contributed by atoms with Crippen molar-refractivity contribution in [3.8, 4) is 5.69 Å². The highest BCUT2D eigenvalue weighted by Gasteiger charge is 2.15. The van der Waals surface area contributed by atoms with Crippen LogP contribution in [0.2, 0.25) is 0 Å². The molecule has 150 valence electrons. The molecule has 0 atom stereocenters. The van der Waals surface area contributed by atoms with E-state index in [2.05, 4.69) is 21.0 Å². The average Bonchev–Trinajstić information content (AvgIpc) is 2.97. The quantitative estimate of drug-likeness (QED) is 0.596. The van der Waals surface area contributed by atoms with Crippen LogP contribution in [0, 0.1) is 20.8 Å². The summed E-state index contributed by atoms with van der Waals surface area (Å²) in [6, 6.07) is 15.3. The van der Waals surface area contributed by atoms with Crippen LogP contribution in [0.4, 0.5) is 17.1 Å². The molecule has 0 bridgehead atoms. The van der Waals surface area contributed by atoms with Crippen LogP contribution in [0.15, 0.2) is 48.5 Å². The van der Waals surface area contributed by atoms with Gasteiger partial charge in [0.1, 0.15) is 0 Å². The van der Waals surface area contributed by atoms with Crippen molar-refractivity contribution in [2.24, 2.45) is 0 Å². The summed E-state index contributed by atoms with van der Waals surface area (Å²) in [6.45, 7) is 7.25. The van der Waals surface area contributed by atoms with E-state index in [1.165, 1.54) is 6.92 Å². The number of hydrogen-bond donors (Lipinski definition) is 3. The number of nitrogens with zero attached hydrogens (tertiary/aromatic N) is 2. The lowest BCUT2D eigenvalue weighted by Crippen LogP contribution is -2.23. The van der Waals surface area contributed by atoms with Crippen LogP contribution in [-0.4, -0.2) is 28.1 Å².